The molecule has 0 bridgehead atoms. The van der Waals surface area contributed by atoms with Gasteiger partial charge in [0.1, 0.15) is 13.2 Å². The molecule has 0 fully saturated rings. The van der Waals surface area contributed by atoms with E-state index in [0.29, 0.717) is 6.42 Å². The van der Waals surface area contributed by atoms with E-state index in [0.717, 1.165) is 12.8 Å². The molecule has 22 heavy (non-hydrogen) atoms. The van der Waals surface area contributed by atoms with Gasteiger partial charge in [0, 0.05) is 27.2 Å². The van der Waals surface area contributed by atoms with Crippen molar-refractivity contribution in [2.45, 2.75) is 53.1 Å². The van der Waals surface area contributed by atoms with Crippen molar-refractivity contribution >= 4 is 23.9 Å². The summed E-state index contributed by atoms with van der Waals surface area (Å²) < 4.78 is 14.0. The standard InChI is InChI=1S/C9H14O6.C5H10O2/c1-6(10)13-4-9(15-8(3)12)5-14-7(2)11;1-2-3-4-5(6)7/h9H,4-5H2,1-3H3;2-4H2,1H3,(H,6,7). The van der Waals surface area contributed by atoms with Crippen molar-refractivity contribution in [2.75, 3.05) is 13.2 Å². The van der Waals surface area contributed by atoms with Crippen LogP contribution in [0.2, 0.25) is 0 Å². The van der Waals surface area contributed by atoms with Gasteiger partial charge in [-0.2, -0.15) is 0 Å². The molecular weight excluding hydrogens is 296 g/mol. The molecule has 128 valence electrons. The lowest BCUT2D eigenvalue weighted by Crippen LogP contribution is -2.29. The third-order valence-electron chi connectivity index (χ3n) is 2.02. The molecule has 8 heteroatoms. The fraction of sp³-hybridized carbons (Fsp3) is 0.714. The van der Waals surface area contributed by atoms with Gasteiger partial charge < -0.3 is 19.3 Å². The molecule has 0 atom stereocenters. The van der Waals surface area contributed by atoms with Gasteiger partial charge in [0.2, 0.25) is 0 Å². The summed E-state index contributed by atoms with van der Waals surface area (Å²) >= 11 is 0. The monoisotopic (exact) mass is 320 g/mol. The number of carbonyl (C=O) groups excluding carboxylic acids is 3. The molecule has 0 heterocycles. The summed E-state index contributed by atoms with van der Waals surface area (Å²) in [5, 5.41) is 8.04. The lowest BCUT2D eigenvalue weighted by Gasteiger charge is -2.15. The topological polar surface area (TPSA) is 116 Å². The summed E-state index contributed by atoms with van der Waals surface area (Å²) in [4.78, 5) is 41.4. The second kappa shape index (κ2) is 13.8. The second-order valence-electron chi connectivity index (χ2n) is 4.33. The first-order chi connectivity index (χ1) is 10.2. The van der Waals surface area contributed by atoms with Crippen molar-refractivity contribution in [2.24, 2.45) is 0 Å². The highest BCUT2D eigenvalue weighted by Crippen LogP contribution is 1.97. The van der Waals surface area contributed by atoms with Crippen LogP contribution in [-0.4, -0.2) is 48.3 Å². The van der Waals surface area contributed by atoms with E-state index in [-0.39, 0.29) is 13.2 Å². The van der Waals surface area contributed by atoms with Gasteiger partial charge in [-0.25, -0.2) is 0 Å². The van der Waals surface area contributed by atoms with Crippen molar-refractivity contribution < 1.29 is 38.5 Å². The number of carbonyl (C=O) groups is 4. The Morgan fingerprint density at radius 2 is 1.36 bits per heavy atom. The maximum atomic E-state index is 10.6. The van der Waals surface area contributed by atoms with Crippen molar-refractivity contribution in [3.63, 3.8) is 0 Å². The Bertz CT molecular complexity index is 346. The average Bonchev–Trinajstić information content (AvgIpc) is 2.39. The minimum atomic E-state index is -0.754. The van der Waals surface area contributed by atoms with Crippen LogP contribution < -0.4 is 0 Å². The Kier molecular flexibility index (Phi) is 13.9. The quantitative estimate of drug-likeness (QED) is 0.525. The third kappa shape index (κ3) is 20.2. The number of unbranched alkanes of at least 4 members (excludes halogenated alkanes) is 1. The first-order valence-electron chi connectivity index (χ1n) is 6.84. The van der Waals surface area contributed by atoms with E-state index in [4.69, 9.17) is 9.84 Å². The van der Waals surface area contributed by atoms with Crippen LogP contribution in [0, 0.1) is 0 Å². The van der Waals surface area contributed by atoms with Crippen molar-refractivity contribution in [3.05, 3.63) is 0 Å². The van der Waals surface area contributed by atoms with Crippen LogP contribution in [0.5, 0.6) is 0 Å². The van der Waals surface area contributed by atoms with E-state index < -0.39 is 30.0 Å². The predicted octanol–water partition coefficient (Wildman–Crippen LogP) is 1.31. The summed E-state index contributed by atoms with van der Waals surface area (Å²) in [5.41, 5.74) is 0. The molecule has 0 aromatic rings. The number of ether oxygens (including phenoxy) is 3. The van der Waals surface area contributed by atoms with E-state index in [1.165, 1.54) is 20.8 Å². The van der Waals surface area contributed by atoms with Crippen molar-refractivity contribution in [3.8, 4) is 0 Å². The molecule has 8 nitrogen and oxygen atoms in total. The molecule has 0 aromatic carbocycles. The van der Waals surface area contributed by atoms with E-state index in [9.17, 15) is 19.2 Å². The molecule has 1 N–H and O–H groups in total. The Morgan fingerprint density at radius 3 is 1.59 bits per heavy atom. The Labute approximate surface area is 129 Å². The molecule has 0 aromatic heterocycles. The van der Waals surface area contributed by atoms with Gasteiger partial charge in [-0.3, -0.25) is 19.2 Å². The molecule has 0 spiro atoms. The van der Waals surface area contributed by atoms with E-state index in [2.05, 4.69) is 9.47 Å². The number of aliphatic carboxylic acids is 1. The molecule has 0 radical (unpaired) electrons. The zero-order valence-corrected chi connectivity index (χ0v) is 13.4. The zero-order chi connectivity index (χ0) is 17.5. The van der Waals surface area contributed by atoms with Crippen LogP contribution in [0.4, 0.5) is 0 Å². The SMILES string of the molecule is CC(=O)OCC(COC(C)=O)OC(C)=O.CCCCC(=O)O. The zero-order valence-electron chi connectivity index (χ0n) is 13.4. The third-order valence-corrected chi connectivity index (χ3v) is 2.02. The van der Waals surface area contributed by atoms with Gasteiger partial charge in [0.15, 0.2) is 6.10 Å². The van der Waals surface area contributed by atoms with Crippen LogP contribution in [-0.2, 0) is 33.4 Å². The number of hydrogen-bond acceptors (Lipinski definition) is 7. The molecular formula is C14H24O8. The van der Waals surface area contributed by atoms with Crippen LogP contribution >= 0.6 is 0 Å². The van der Waals surface area contributed by atoms with Crippen LogP contribution in [0.1, 0.15) is 47.0 Å². The van der Waals surface area contributed by atoms with Crippen LogP contribution in [0.15, 0.2) is 0 Å². The fourth-order valence-electron chi connectivity index (χ4n) is 1.10. The number of carboxylic acid groups (broad SMARTS) is 1. The Balaban J connectivity index is 0. The number of hydrogen-bond donors (Lipinski definition) is 1. The summed E-state index contributed by atoms with van der Waals surface area (Å²) in [6.45, 7) is 5.41. The number of carboxylic acids is 1. The highest BCUT2D eigenvalue weighted by atomic mass is 16.6. The van der Waals surface area contributed by atoms with Gasteiger partial charge in [-0.15, -0.1) is 0 Å². The van der Waals surface area contributed by atoms with Crippen molar-refractivity contribution in [1.82, 2.24) is 0 Å². The number of rotatable bonds is 8. The molecule has 0 aliphatic heterocycles. The molecule has 0 saturated heterocycles. The molecule has 0 saturated carbocycles. The van der Waals surface area contributed by atoms with E-state index >= 15 is 0 Å². The highest BCUT2D eigenvalue weighted by Gasteiger charge is 2.15. The maximum Gasteiger partial charge on any atom is 0.303 e. The van der Waals surface area contributed by atoms with Crippen LogP contribution in [0.3, 0.4) is 0 Å². The molecule has 0 rings (SSSR count). The van der Waals surface area contributed by atoms with Gasteiger partial charge in [-0.1, -0.05) is 13.3 Å². The minimum Gasteiger partial charge on any atom is -0.481 e. The predicted molar refractivity (Wildman–Crippen MR) is 76.0 cm³/mol. The summed E-state index contributed by atoms with van der Waals surface area (Å²) in [6, 6.07) is 0. The Hall–Kier alpha value is -2.12. The molecule has 0 aliphatic rings. The molecule has 0 aliphatic carbocycles. The average molecular weight is 320 g/mol. The minimum absolute atomic E-state index is 0.123. The first-order valence-corrected chi connectivity index (χ1v) is 6.84. The lowest BCUT2D eigenvalue weighted by molar-refractivity contribution is -0.163. The van der Waals surface area contributed by atoms with E-state index in [1.807, 2.05) is 6.92 Å². The summed E-state index contributed by atoms with van der Waals surface area (Å²) in [5.74, 6) is -2.20. The van der Waals surface area contributed by atoms with E-state index in [1.54, 1.807) is 0 Å². The normalized spacial score (nSPS) is 9.32. The smallest absolute Gasteiger partial charge is 0.303 e. The summed E-state index contributed by atoms with van der Waals surface area (Å²) in [7, 11) is 0. The molecule has 0 amide bonds. The maximum absolute atomic E-state index is 10.6. The fourth-order valence-corrected chi connectivity index (χ4v) is 1.10. The largest absolute Gasteiger partial charge is 0.481 e. The highest BCUT2D eigenvalue weighted by molar-refractivity contribution is 5.67. The van der Waals surface area contributed by atoms with Crippen molar-refractivity contribution in [1.29, 1.82) is 0 Å². The first kappa shape index (κ1) is 22.2. The lowest BCUT2D eigenvalue weighted by atomic mass is 10.3. The summed E-state index contributed by atoms with van der Waals surface area (Å²) in [6.07, 6.45) is 1.33. The van der Waals surface area contributed by atoms with Gasteiger partial charge in [0.25, 0.3) is 0 Å². The number of esters is 3. The second-order valence-corrected chi connectivity index (χ2v) is 4.33. The van der Waals surface area contributed by atoms with Crippen LogP contribution in [0.25, 0.3) is 0 Å². The Morgan fingerprint density at radius 1 is 0.909 bits per heavy atom. The molecule has 0 unspecified atom stereocenters. The van der Waals surface area contributed by atoms with Gasteiger partial charge >= 0.3 is 23.9 Å². The van der Waals surface area contributed by atoms with Gasteiger partial charge in [-0.05, 0) is 6.42 Å². The van der Waals surface area contributed by atoms with Gasteiger partial charge in [0.05, 0.1) is 0 Å².